The standard InChI is InChI=1S/C25H29NO4S/c1-28-20-8-5-19(6-9-20)7-10-22(27)21-17-25-24(30-15-16-31-25)18-23(21)29-14-13-26-11-3-2-4-12-26/h5-10,17-18H,2-4,11-16H2,1H3. The second-order valence-corrected chi connectivity index (χ2v) is 8.85. The first-order chi connectivity index (χ1) is 15.2. The summed E-state index contributed by atoms with van der Waals surface area (Å²) in [5.41, 5.74) is 1.53. The number of ketones is 1. The van der Waals surface area contributed by atoms with Gasteiger partial charge in [-0.05, 0) is 55.8 Å². The van der Waals surface area contributed by atoms with Crippen molar-refractivity contribution < 1.29 is 19.0 Å². The molecular formula is C25H29NO4S. The van der Waals surface area contributed by atoms with Gasteiger partial charge >= 0.3 is 0 Å². The van der Waals surface area contributed by atoms with Gasteiger partial charge in [-0.25, -0.2) is 0 Å². The van der Waals surface area contributed by atoms with E-state index in [0.29, 0.717) is 24.5 Å². The molecule has 0 atom stereocenters. The van der Waals surface area contributed by atoms with Gasteiger partial charge in [0.2, 0.25) is 0 Å². The molecule has 0 aliphatic carbocycles. The summed E-state index contributed by atoms with van der Waals surface area (Å²) in [5, 5.41) is 0. The molecule has 0 saturated carbocycles. The highest BCUT2D eigenvalue weighted by molar-refractivity contribution is 7.99. The van der Waals surface area contributed by atoms with Gasteiger partial charge in [-0.3, -0.25) is 9.69 Å². The number of fused-ring (bicyclic) bond motifs is 1. The number of allylic oxidation sites excluding steroid dienone is 1. The number of carbonyl (C=O) groups is 1. The topological polar surface area (TPSA) is 48.0 Å². The lowest BCUT2D eigenvalue weighted by atomic mass is 10.1. The Morgan fingerprint density at radius 2 is 1.97 bits per heavy atom. The average Bonchev–Trinajstić information content (AvgIpc) is 2.83. The molecular weight excluding hydrogens is 410 g/mol. The van der Waals surface area contributed by atoms with E-state index in [1.54, 1.807) is 24.9 Å². The van der Waals surface area contributed by atoms with Gasteiger partial charge in [0.15, 0.2) is 5.78 Å². The molecule has 1 fully saturated rings. The molecule has 2 aliphatic heterocycles. The van der Waals surface area contributed by atoms with Crippen LogP contribution >= 0.6 is 11.8 Å². The predicted octanol–water partition coefficient (Wildman–Crippen LogP) is 4.94. The Morgan fingerprint density at radius 1 is 1.16 bits per heavy atom. The summed E-state index contributed by atoms with van der Waals surface area (Å²) in [6.07, 6.45) is 7.25. The van der Waals surface area contributed by atoms with Gasteiger partial charge in [0, 0.05) is 18.4 Å². The average molecular weight is 440 g/mol. The maximum absolute atomic E-state index is 13.1. The number of ether oxygens (including phenoxy) is 3. The number of piperidine rings is 1. The zero-order valence-corrected chi connectivity index (χ0v) is 18.8. The molecule has 0 unspecified atom stereocenters. The molecule has 31 heavy (non-hydrogen) atoms. The van der Waals surface area contributed by atoms with E-state index in [1.165, 1.54) is 19.3 Å². The Bertz CT molecular complexity index is 920. The minimum absolute atomic E-state index is 0.0715. The van der Waals surface area contributed by atoms with Crippen LogP contribution in [0.15, 0.2) is 47.4 Å². The molecule has 0 radical (unpaired) electrons. The molecule has 4 rings (SSSR count). The van der Waals surface area contributed by atoms with Crippen molar-refractivity contribution in [3.8, 4) is 17.2 Å². The fraction of sp³-hybridized carbons (Fsp3) is 0.400. The third kappa shape index (κ3) is 5.83. The Balaban J connectivity index is 1.49. The summed E-state index contributed by atoms with van der Waals surface area (Å²) < 4.78 is 17.1. The molecule has 6 heteroatoms. The van der Waals surface area contributed by atoms with E-state index >= 15 is 0 Å². The van der Waals surface area contributed by atoms with Crippen molar-refractivity contribution in [3.63, 3.8) is 0 Å². The molecule has 5 nitrogen and oxygen atoms in total. The largest absolute Gasteiger partial charge is 0.497 e. The Kier molecular flexibility index (Phi) is 7.54. The maximum Gasteiger partial charge on any atom is 0.189 e. The first kappa shape index (κ1) is 21.8. The summed E-state index contributed by atoms with van der Waals surface area (Å²) >= 11 is 1.72. The summed E-state index contributed by atoms with van der Waals surface area (Å²) in [7, 11) is 1.64. The van der Waals surface area contributed by atoms with Crippen LogP contribution in [0.3, 0.4) is 0 Å². The maximum atomic E-state index is 13.1. The molecule has 0 bridgehead atoms. The number of benzene rings is 2. The van der Waals surface area contributed by atoms with Crippen molar-refractivity contribution in [2.24, 2.45) is 0 Å². The lowest BCUT2D eigenvalue weighted by molar-refractivity contribution is 0.104. The quantitative estimate of drug-likeness (QED) is 0.429. The minimum Gasteiger partial charge on any atom is -0.497 e. The molecule has 164 valence electrons. The van der Waals surface area contributed by atoms with Crippen molar-refractivity contribution in [3.05, 3.63) is 53.6 Å². The van der Waals surface area contributed by atoms with Crippen molar-refractivity contribution >= 4 is 23.6 Å². The van der Waals surface area contributed by atoms with Crippen LogP contribution in [0.2, 0.25) is 0 Å². The van der Waals surface area contributed by atoms with Crippen LogP contribution in [-0.2, 0) is 0 Å². The van der Waals surface area contributed by atoms with Gasteiger partial charge < -0.3 is 14.2 Å². The number of nitrogens with zero attached hydrogens (tertiary/aromatic N) is 1. The third-order valence-electron chi connectivity index (χ3n) is 5.57. The molecule has 2 heterocycles. The number of methoxy groups -OCH3 is 1. The summed E-state index contributed by atoms with van der Waals surface area (Å²) in [4.78, 5) is 16.5. The number of rotatable bonds is 8. The van der Waals surface area contributed by atoms with Gasteiger partial charge in [-0.2, -0.15) is 0 Å². The molecule has 2 aromatic rings. The normalized spacial score (nSPS) is 16.5. The Morgan fingerprint density at radius 3 is 2.74 bits per heavy atom. The fourth-order valence-electron chi connectivity index (χ4n) is 3.83. The second kappa shape index (κ2) is 10.7. The lowest BCUT2D eigenvalue weighted by Crippen LogP contribution is -2.33. The van der Waals surface area contributed by atoms with Crippen molar-refractivity contribution in [2.75, 3.05) is 45.7 Å². The highest BCUT2D eigenvalue weighted by Crippen LogP contribution is 2.38. The fourth-order valence-corrected chi connectivity index (χ4v) is 4.67. The van der Waals surface area contributed by atoms with Gasteiger partial charge in [-0.1, -0.05) is 24.6 Å². The number of thioether (sulfide) groups is 1. The molecule has 0 N–H and O–H groups in total. The Hall–Kier alpha value is -2.44. The van der Waals surface area contributed by atoms with Gasteiger partial charge in [0.05, 0.1) is 24.2 Å². The lowest BCUT2D eigenvalue weighted by Gasteiger charge is -2.26. The number of hydrogen-bond donors (Lipinski definition) is 0. The van der Waals surface area contributed by atoms with Gasteiger partial charge in [0.25, 0.3) is 0 Å². The monoisotopic (exact) mass is 439 g/mol. The second-order valence-electron chi connectivity index (χ2n) is 7.71. The minimum atomic E-state index is -0.0715. The molecule has 0 spiro atoms. The SMILES string of the molecule is COc1ccc(C=CC(=O)c2cc3c(cc2OCCN2CCCCC2)OCCS3)cc1. The highest BCUT2D eigenvalue weighted by Gasteiger charge is 2.19. The van der Waals surface area contributed by atoms with E-state index in [-0.39, 0.29) is 5.78 Å². The first-order valence-corrected chi connectivity index (χ1v) is 11.9. The third-order valence-corrected chi connectivity index (χ3v) is 6.57. The van der Waals surface area contributed by atoms with Crippen LogP contribution in [-0.4, -0.2) is 56.4 Å². The predicted molar refractivity (Wildman–Crippen MR) is 125 cm³/mol. The van der Waals surface area contributed by atoms with E-state index in [0.717, 1.165) is 47.3 Å². The molecule has 0 aromatic heterocycles. The zero-order chi connectivity index (χ0) is 21.5. The van der Waals surface area contributed by atoms with E-state index < -0.39 is 0 Å². The van der Waals surface area contributed by atoms with Crippen LogP contribution in [0.25, 0.3) is 6.08 Å². The summed E-state index contributed by atoms with van der Waals surface area (Å²) in [6.45, 7) is 4.37. The van der Waals surface area contributed by atoms with Crippen LogP contribution in [0.1, 0.15) is 35.2 Å². The number of hydrogen-bond acceptors (Lipinski definition) is 6. The smallest absolute Gasteiger partial charge is 0.189 e. The summed E-state index contributed by atoms with van der Waals surface area (Å²) in [6, 6.07) is 11.4. The zero-order valence-electron chi connectivity index (χ0n) is 18.0. The Labute approximate surface area is 188 Å². The highest BCUT2D eigenvalue weighted by atomic mass is 32.2. The molecule has 0 amide bonds. The van der Waals surface area contributed by atoms with E-state index in [4.69, 9.17) is 14.2 Å². The van der Waals surface area contributed by atoms with Gasteiger partial charge in [0.1, 0.15) is 23.9 Å². The number of likely N-dealkylation sites (tertiary alicyclic amines) is 1. The molecule has 2 aliphatic rings. The van der Waals surface area contributed by atoms with Gasteiger partial charge in [-0.15, -0.1) is 11.8 Å². The van der Waals surface area contributed by atoms with Crippen LogP contribution in [0.5, 0.6) is 17.2 Å². The molecule has 1 saturated heterocycles. The summed E-state index contributed by atoms with van der Waals surface area (Å²) in [5.74, 6) is 3.01. The van der Waals surface area contributed by atoms with Crippen LogP contribution < -0.4 is 14.2 Å². The van der Waals surface area contributed by atoms with E-state index in [2.05, 4.69) is 4.90 Å². The van der Waals surface area contributed by atoms with E-state index in [1.807, 2.05) is 42.5 Å². The van der Waals surface area contributed by atoms with E-state index in [9.17, 15) is 4.79 Å². The first-order valence-electron chi connectivity index (χ1n) is 10.9. The van der Waals surface area contributed by atoms with Crippen molar-refractivity contribution in [1.29, 1.82) is 0 Å². The number of carbonyl (C=O) groups excluding carboxylic acids is 1. The van der Waals surface area contributed by atoms with Crippen molar-refractivity contribution in [2.45, 2.75) is 24.2 Å². The van der Waals surface area contributed by atoms with Crippen molar-refractivity contribution in [1.82, 2.24) is 4.90 Å². The van der Waals surface area contributed by atoms with Crippen LogP contribution in [0.4, 0.5) is 0 Å². The molecule has 2 aromatic carbocycles. The van der Waals surface area contributed by atoms with Crippen LogP contribution in [0, 0.1) is 0 Å².